The van der Waals surface area contributed by atoms with E-state index in [4.69, 9.17) is 9.57 Å². The second-order valence-corrected chi connectivity index (χ2v) is 8.60. The topological polar surface area (TPSA) is 93.2 Å². The molecule has 0 unspecified atom stereocenters. The molecule has 1 atom stereocenters. The fourth-order valence-electron chi connectivity index (χ4n) is 4.49. The van der Waals surface area contributed by atoms with Crippen molar-refractivity contribution in [2.75, 3.05) is 13.7 Å². The number of carbonyl (C=O) groups excluding carboxylic acids is 4. The van der Waals surface area contributed by atoms with Crippen molar-refractivity contribution in [3.63, 3.8) is 0 Å². The van der Waals surface area contributed by atoms with Gasteiger partial charge in [0.25, 0.3) is 11.8 Å². The summed E-state index contributed by atoms with van der Waals surface area (Å²) in [5.41, 5.74) is 4.40. The molecule has 1 heterocycles. The van der Waals surface area contributed by atoms with Gasteiger partial charge in [0, 0.05) is 25.8 Å². The molecular formula is C25H26N2O6. The zero-order valence-corrected chi connectivity index (χ0v) is 18.8. The van der Waals surface area contributed by atoms with E-state index < -0.39 is 29.9 Å². The van der Waals surface area contributed by atoms with Crippen LogP contribution in [0, 0.1) is 5.92 Å². The van der Waals surface area contributed by atoms with Gasteiger partial charge in [-0.05, 0) is 28.2 Å². The van der Waals surface area contributed by atoms with Crippen molar-refractivity contribution in [2.24, 2.45) is 5.92 Å². The molecule has 1 aliphatic carbocycles. The van der Waals surface area contributed by atoms with Crippen LogP contribution in [0.3, 0.4) is 0 Å². The minimum absolute atomic E-state index is 0.000671. The van der Waals surface area contributed by atoms with Crippen LogP contribution in [0.25, 0.3) is 11.1 Å². The minimum atomic E-state index is -1.03. The number of amides is 3. The van der Waals surface area contributed by atoms with Crippen LogP contribution in [0.4, 0.5) is 4.79 Å². The van der Waals surface area contributed by atoms with Gasteiger partial charge in [-0.15, -0.1) is 5.06 Å². The maximum Gasteiger partial charge on any atom is 0.410 e. The van der Waals surface area contributed by atoms with Gasteiger partial charge in [0.2, 0.25) is 0 Å². The standard InChI is InChI=1S/C25H26N2O6/c1-15(2)23(24(30)33-27-21(28)12-13-22(27)29)26(3)25(31)32-14-20-18-10-6-4-8-16(18)17-9-5-7-11-19(17)20/h4-11,15,20,23H,12-14H2,1-3H3/t23-/m0/s1. The number of imide groups is 1. The monoisotopic (exact) mass is 450 g/mol. The number of benzene rings is 2. The Morgan fingerprint density at radius 1 is 0.970 bits per heavy atom. The van der Waals surface area contributed by atoms with Crippen LogP contribution in [-0.4, -0.2) is 53.5 Å². The first-order chi connectivity index (χ1) is 15.8. The second kappa shape index (κ2) is 9.05. The molecule has 8 heteroatoms. The Labute approximate surface area is 192 Å². The van der Waals surface area contributed by atoms with Crippen molar-refractivity contribution in [1.82, 2.24) is 9.96 Å². The Morgan fingerprint density at radius 3 is 2.00 bits per heavy atom. The first kappa shape index (κ1) is 22.5. The third-order valence-corrected chi connectivity index (χ3v) is 6.10. The average molecular weight is 450 g/mol. The summed E-state index contributed by atoms with van der Waals surface area (Å²) in [6.45, 7) is 3.60. The van der Waals surface area contributed by atoms with Gasteiger partial charge in [0.1, 0.15) is 12.6 Å². The predicted molar refractivity (Wildman–Crippen MR) is 119 cm³/mol. The molecule has 3 amide bonds. The number of nitrogens with zero attached hydrogens (tertiary/aromatic N) is 2. The quantitative estimate of drug-likeness (QED) is 0.626. The molecule has 1 aliphatic heterocycles. The van der Waals surface area contributed by atoms with E-state index in [0.717, 1.165) is 27.2 Å². The Bertz CT molecular complexity index is 1050. The van der Waals surface area contributed by atoms with E-state index in [-0.39, 0.29) is 31.3 Å². The summed E-state index contributed by atoms with van der Waals surface area (Å²) in [7, 11) is 1.44. The molecule has 0 N–H and O–H groups in total. The van der Waals surface area contributed by atoms with E-state index in [1.54, 1.807) is 13.8 Å². The number of carbonyl (C=O) groups is 4. The van der Waals surface area contributed by atoms with E-state index in [1.165, 1.54) is 7.05 Å². The largest absolute Gasteiger partial charge is 0.448 e. The van der Waals surface area contributed by atoms with Gasteiger partial charge >= 0.3 is 12.1 Å². The number of rotatable bonds is 6. The third-order valence-electron chi connectivity index (χ3n) is 6.10. The zero-order chi connectivity index (χ0) is 23.7. The lowest BCUT2D eigenvalue weighted by molar-refractivity contribution is -0.201. The van der Waals surface area contributed by atoms with Crippen molar-refractivity contribution < 1.29 is 28.8 Å². The summed E-state index contributed by atoms with van der Waals surface area (Å²) in [6.07, 6.45) is -0.687. The molecule has 1 saturated heterocycles. The van der Waals surface area contributed by atoms with E-state index in [2.05, 4.69) is 0 Å². The fourth-order valence-corrected chi connectivity index (χ4v) is 4.49. The van der Waals surface area contributed by atoms with Crippen LogP contribution in [0.2, 0.25) is 0 Å². The molecule has 0 bridgehead atoms. The second-order valence-electron chi connectivity index (χ2n) is 8.60. The highest BCUT2D eigenvalue weighted by Gasteiger charge is 2.39. The van der Waals surface area contributed by atoms with Crippen LogP contribution in [-0.2, 0) is 24.0 Å². The zero-order valence-electron chi connectivity index (χ0n) is 18.8. The molecule has 33 heavy (non-hydrogen) atoms. The molecule has 4 rings (SSSR count). The van der Waals surface area contributed by atoms with E-state index in [9.17, 15) is 19.2 Å². The van der Waals surface area contributed by atoms with Crippen molar-refractivity contribution in [2.45, 2.75) is 38.6 Å². The van der Waals surface area contributed by atoms with E-state index >= 15 is 0 Å². The molecule has 172 valence electrons. The summed E-state index contributed by atoms with van der Waals surface area (Å²) < 4.78 is 5.63. The van der Waals surface area contributed by atoms with Gasteiger partial charge in [0.15, 0.2) is 0 Å². The molecule has 2 aromatic rings. The van der Waals surface area contributed by atoms with Gasteiger partial charge in [-0.1, -0.05) is 62.4 Å². The predicted octanol–water partition coefficient (Wildman–Crippen LogP) is 3.50. The molecular weight excluding hydrogens is 424 g/mol. The van der Waals surface area contributed by atoms with Crippen molar-refractivity contribution in [3.05, 3.63) is 59.7 Å². The number of fused-ring (bicyclic) bond motifs is 3. The number of hydrogen-bond acceptors (Lipinski definition) is 6. The first-order valence-corrected chi connectivity index (χ1v) is 10.9. The Kier molecular flexibility index (Phi) is 6.18. The summed E-state index contributed by atoms with van der Waals surface area (Å²) in [5, 5.41) is 0.489. The number of likely N-dealkylation sites (N-methyl/N-ethyl adjacent to an activating group) is 1. The number of ether oxygens (including phenoxy) is 1. The lowest BCUT2D eigenvalue weighted by Crippen LogP contribution is -2.49. The lowest BCUT2D eigenvalue weighted by atomic mass is 9.98. The molecule has 0 saturated carbocycles. The van der Waals surface area contributed by atoms with Gasteiger partial charge in [0.05, 0.1) is 0 Å². The molecule has 2 aromatic carbocycles. The third kappa shape index (κ3) is 4.20. The highest BCUT2D eigenvalue weighted by molar-refractivity contribution is 6.01. The van der Waals surface area contributed by atoms with Crippen molar-refractivity contribution in [1.29, 1.82) is 0 Å². The molecule has 0 radical (unpaired) electrons. The van der Waals surface area contributed by atoms with Crippen LogP contribution < -0.4 is 0 Å². The van der Waals surface area contributed by atoms with Crippen LogP contribution >= 0.6 is 0 Å². The molecule has 8 nitrogen and oxygen atoms in total. The van der Waals surface area contributed by atoms with Gasteiger partial charge in [-0.3, -0.25) is 14.5 Å². The highest BCUT2D eigenvalue weighted by Crippen LogP contribution is 2.44. The summed E-state index contributed by atoms with van der Waals surface area (Å²) in [6, 6.07) is 15.0. The number of hydrogen-bond donors (Lipinski definition) is 0. The average Bonchev–Trinajstić information content (AvgIpc) is 3.29. The summed E-state index contributed by atoms with van der Waals surface area (Å²) >= 11 is 0. The normalized spacial score (nSPS) is 15.9. The fraction of sp³-hybridized carbons (Fsp3) is 0.360. The molecule has 2 aliphatic rings. The van der Waals surface area contributed by atoms with Gasteiger partial charge in [-0.2, -0.15) is 0 Å². The maximum absolute atomic E-state index is 12.9. The first-order valence-electron chi connectivity index (χ1n) is 10.9. The molecule has 0 aromatic heterocycles. The Balaban J connectivity index is 1.46. The molecule has 1 fully saturated rings. The van der Waals surface area contributed by atoms with Crippen molar-refractivity contribution >= 4 is 23.9 Å². The highest BCUT2D eigenvalue weighted by atomic mass is 16.7. The maximum atomic E-state index is 12.9. The van der Waals surface area contributed by atoms with Crippen LogP contribution in [0.1, 0.15) is 43.7 Å². The SMILES string of the molecule is CC(C)[C@@H](C(=O)ON1C(=O)CCC1=O)N(C)C(=O)OCC1c2ccccc2-c2ccccc21. The van der Waals surface area contributed by atoms with Gasteiger partial charge < -0.3 is 9.57 Å². The smallest absolute Gasteiger partial charge is 0.410 e. The van der Waals surface area contributed by atoms with E-state index in [0.29, 0.717) is 5.06 Å². The minimum Gasteiger partial charge on any atom is -0.448 e. The summed E-state index contributed by atoms with van der Waals surface area (Å²) in [5.74, 6) is -2.45. The van der Waals surface area contributed by atoms with Crippen LogP contribution in [0.15, 0.2) is 48.5 Å². The lowest BCUT2D eigenvalue weighted by Gasteiger charge is -2.29. The van der Waals surface area contributed by atoms with Crippen LogP contribution in [0.5, 0.6) is 0 Å². The van der Waals surface area contributed by atoms with Crippen molar-refractivity contribution in [3.8, 4) is 11.1 Å². The Morgan fingerprint density at radius 2 is 1.48 bits per heavy atom. The number of hydroxylamine groups is 2. The summed E-state index contributed by atoms with van der Waals surface area (Å²) in [4.78, 5) is 55.4. The van der Waals surface area contributed by atoms with E-state index in [1.807, 2.05) is 48.5 Å². The molecule has 0 spiro atoms. The van der Waals surface area contributed by atoms with Gasteiger partial charge in [-0.25, -0.2) is 9.59 Å². The Hall–Kier alpha value is -3.68.